The molecule has 0 aliphatic heterocycles. The first kappa shape index (κ1) is 22.2. The molecule has 2 aromatic heterocycles. The molecule has 8 aromatic rings. The van der Waals surface area contributed by atoms with Crippen LogP contribution in [0.4, 0.5) is 0 Å². The van der Waals surface area contributed by atoms with Crippen LogP contribution in [-0.4, -0.2) is 9.97 Å². The maximum absolute atomic E-state index is 5.20. The molecule has 0 aliphatic rings. The van der Waals surface area contributed by atoms with Crippen LogP contribution in [0.25, 0.3) is 75.6 Å². The highest BCUT2D eigenvalue weighted by Crippen LogP contribution is 2.44. The van der Waals surface area contributed by atoms with Crippen LogP contribution in [0.15, 0.2) is 133 Å². The van der Waals surface area contributed by atoms with Crippen molar-refractivity contribution in [2.24, 2.45) is 0 Å². The zero-order valence-corrected chi connectivity index (χ0v) is 21.8. The Labute approximate surface area is 229 Å². The first-order valence-corrected chi connectivity index (χ1v) is 13.9. The molecule has 0 unspecified atom stereocenters. The van der Waals surface area contributed by atoms with Crippen molar-refractivity contribution in [3.8, 4) is 33.6 Å². The lowest BCUT2D eigenvalue weighted by molar-refractivity contribution is 1.30. The van der Waals surface area contributed by atoms with E-state index in [1.165, 1.54) is 42.1 Å². The van der Waals surface area contributed by atoms with Gasteiger partial charge in [0, 0.05) is 31.3 Å². The number of aromatic nitrogens is 2. The van der Waals surface area contributed by atoms with Crippen LogP contribution in [0.2, 0.25) is 0 Å². The average molecular weight is 515 g/mol. The van der Waals surface area contributed by atoms with E-state index in [0.717, 1.165) is 33.5 Å². The molecule has 0 aliphatic carbocycles. The van der Waals surface area contributed by atoms with Gasteiger partial charge in [-0.2, -0.15) is 0 Å². The van der Waals surface area contributed by atoms with Crippen molar-refractivity contribution in [3.05, 3.63) is 133 Å². The summed E-state index contributed by atoms with van der Waals surface area (Å²) in [4.78, 5) is 10.3. The summed E-state index contributed by atoms with van der Waals surface area (Å²) in [6, 6.07) is 47.1. The van der Waals surface area contributed by atoms with Crippen LogP contribution >= 0.6 is 11.3 Å². The minimum Gasteiger partial charge on any atom is -0.244 e. The predicted octanol–water partition coefficient (Wildman–Crippen LogP) is 10.2. The fourth-order valence-corrected chi connectivity index (χ4v) is 6.86. The molecule has 0 spiro atoms. The van der Waals surface area contributed by atoms with Crippen molar-refractivity contribution in [1.82, 2.24) is 9.97 Å². The summed E-state index contributed by atoms with van der Waals surface area (Å²) in [6.07, 6.45) is 0. The molecular weight excluding hydrogens is 492 g/mol. The second kappa shape index (κ2) is 8.87. The molecule has 2 nitrogen and oxygen atoms in total. The van der Waals surface area contributed by atoms with Crippen LogP contribution in [0.5, 0.6) is 0 Å². The Morgan fingerprint density at radius 2 is 0.974 bits per heavy atom. The Balaban J connectivity index is 1.43. The van der Waals surface area contributed by atoms with Gasteiger partial charge in [-0.3, -0.25) is 0 Å². The van der Waals surface area contributed by atoms with Crippen LogP contribution in [-0.2, 0) is 0 Å². The van der Waals surface area contributed by atoms with E-state index in [-0.39, 0.29) is 0 Å². The zero-order valence-electron chi connectivity index (χ0n) is 21.0. The maximum Gasteiger partial charge on any atom is 0.0979 e. The molecule has 0 saturated carbocycles. The van der Waals surface area contributed by atoms with Gasteiger partial charge in [-0.15, -0.1) is 11.3 Å². The second-order valence-electron chi connectivity index (χ2n) is 9.76. The average Bonchev–Trinajstić information content (AvgIpc) is 3.39. The number of thiophene rings is 1. The molecular formula is C36H22N2S. The molecule has 0 radical (unpaired) electrons. The lowest BCUT2D eigenvalue weighted by Crippen LogP contribution is -1.96. The van der Waals surface area contributed by atoms with E-state index in [4.69, 9.17) is 9.97 Å². The number of para-hydroxylation sites is 2. The van der Waals surface area contributed by atoms with Gasteiger partial charge in [0.15, 0.2) is 0 Å². The normalized spacial score (nSPS) is 11.6. The molecule has 0 fully saturated rings. The van der Waals surface area contributed by atoms with Crippen molar-refractivity contribution in [2.75, 3.05) is 0 Å². The smallest absolute Gasteiger partial charge is 0.0979 e. The Morgan fingerprint density at radius 3 is 1.77 bits per heavy atom. The third-order valence-electron chi connectivity index (χ3n) is 7.49. The first-order chi connectivity index (χ1) is 19.3. The van der Waals surface area contributed by atoms with Gasteiger partial charge in [0.05, 0.1) is 22.4 Å². The molecule has 8 rings (SSSR count). The number of nitrogens with zero attached hydrogens (tertiary/aromatic N) is 2. The highest BCUT2D eigenvalue weighted by atomic mass is 32.1. The summed E-state index contributed by atoms with van der Waals surface area (Å²) in [7, 11) is 0. The Kier molecular flexibility index (Phi) is 5.04. The summed E-state index contributed by atoms with van der Waals surface area (Å²) in [5, 5.41) is 5.03. The summed E-state index contributed by atoms with van der Waals surface area (Å²) in [6.45, 7) is 0. The van der Waals surface area contributed by atoms with Crippen molar-refractivity contribution < 1.29 is 0 Å². The molecule has 2 heterocycles. The largest absolute Gasteiger partial charge is 0.244 e. The number of hydrogen-bond acceptors (Lipinski definition) is 3. The summed E-state index contributed by atoms with van der Waals surface area (Å²) >= 11 is 1.86. The zero-order chi connectivity index (χ0) is 25.8. The molecule has 182 valence electrons. The quantitative estimate of drug-likeness (QED) is 0.234. The maximum atomic E-state index is 5.20. The third-order valence-corrected chi connectivity index (χ3v) is 8.63. The van der Waals surface area contributed by atoms with E-state index in [0.29, 0.717) is 0 Å². The molecule has 0 amide bonds. The van der Waals surface area contributed by atoms with Gasteiger partial charge in [0.25, 0.3) is 0 Å². The number of hydrogen-bond donors (Lipinski definition) is 0. The minimum atomic E-state index is 0.898. The third kappa shape index (κ3) is 3.55. The van der Waals surface area contributed by atoms with Gasteiger partial charge in [-0.25, -0.2) is 9.97 Å². The fourth-order valence-electron chi connectivity index (χ4n) is 5.72. The number of rotatable bonds is 3. The Morgan fingerprint density at radius 1 is 0.385 bits per heavy atom. The molecule has 39 heavy (non-hydrogen) atoms. The molecule has 0 N–H and O–H groups in total. The van der Waals surface area contributed by atoms with Crippen LogP contribution in [0, 0.1) is 0 Å². The SMILES string of the molecule is c1ccc(-c2nc3ccccc3nc2-c2ccc(-c3cccc4sc5ccccc5c34)c3ccccc23)cc1. The van der Waals surface area contributed by atoms with Crippen LogP contribution < -0.4 is 0 Å². The van der Waals surface area contributed by atoms with E-state index < -0.39 is 0 Å². The predicted molar refractivity (Wildman–Crippen MR) is 166 cm³/mol. The summed E-state index contributed by atoms with van der Waals surface area (Å²) in [5.41, 5.74) is 8.26. The fraction of sp³-hybridized carbons (Fsp3) is 0. The van der Waals surface area contributed by atoms with Crippen molar-refractivity contribution in [3.63, 3.8) is 0 Å². The van der Waals surface area contributed by atoms with Crippen LogP contribution in [0.3, 0.4) is 0 Å². The van der Waals surface area contributed by atoms with Crippen LogP contribution in [0.1, 0.15) is 0 Å². The van der Waals surface area contributed by atoms with Gasteiger partial charge < -0.3 is 0 Å². The number of benzene rings is 6. The second-order valence-corrected chi connectivity index (χ2v) is 10.8. The van der Waals surface area contributed by atoms with Crippen molar-refractivity contribution >= 4 is 53.3 Å². The minimum absolute atomic E-state index is 0.898. The highest BCUT2D eigenvalue weighted by molar-refractivity contribution is 7.25. The molecule has 3 heteroatoms. The standard InChI is InChI=1S/C36H22N2S/c1-2-11-23(12-3-1)35-36(38-31-18-8-7-17-30(31)37-35)28-22-21-26(24-13-4-5-14-25(24)28)27-16-10-20-33-34(27)29-15-6-9-19-32(29)39-33/h1-22H. The summed E-state index contributed by atoms with van der Waals surface area (Å²) in [5.74, 6) is 0. The molecule has 0 bridgehead atoms. The van der Waals surface area contributed by atoms with Gasteiger partial charge in [-0.1, -0.05) is 109 Å². The monoisotopic (exact) mass is 514 g/mol. The molecule has 0 saturated heterocycles. The Bertz CT molecular complexity index is 2180. The molecule has 6 aromatic carbocycles. The topological polar surface area (TPSA) is 25.8 Å². The lowest BCUT2D eigenvalue weighted by Gasteiger charge is -2.15. The van der Waals surface area contributed by atoms with E-state index >= 15 is 0 Å². The van der Waals surface area contributed by atoms with E-state index in [9.17, 15) is 0 Å². The number of fused-ring (bicyclic) bond motifs is 5. The highest BCUT2D eigenvalue weighted by Gasteiger charge is 2.18. The van der Waals surface area contributed by atoms with Gasteiger partial charge in [0.2, 0.25) is 0 Å². The van der Waals surface area contributed by atoms with Crippen molar-refractivity contribution in [1.29, 1.82) is 0 Å². The summed E-state index contributed by atoms with van der Waals surface area (Å²) < 4.78 is 2.63. The Hall–Kier alpha value is -4.86. The first-order valence-electron chi connectivity index (χ1n) is 13.1. The van der Waals surface area contributed by atoms with Crippen molar-refractivity contribution in [2.45, 2.75) is 0 Å². The van der Waals surface area contributed by atoms with E-state index in [1.54, 1.807) is 0 Å². The lowest BCUT2D eigenvalue weighted by atomic mass is 9.90. The van der Waals surface area contributed by atoms with E-state index in [2.05, 4.69) is 103 Å². The van der Waals surface area contributed by atoms with Gasteiger partial charge in [0.1, 0.15) is 0 Å². The molecule has 0 atom stereocenters. The van der Waals surface area contributed by atoms with E-state index in [1.807, 2.05) is 41.7 Å². The van der Waals surface area contributed by atoms with Gasteiger partial charge >= 0.3 is 0 Å². The van der Waals surface area contributed by atoms with Gasteiger partial charge in [-0.05, 0) is 46.2 Å².